The predicted octanol–water partition coefficient (Wildman–Crippen LogP) is 2.77. The molecule has 2 aromatic rings. The number of thiazole rings is 1. The maximum Gasteiger partial charge on any atom is 0.342 e. The summed E-state index contributed by atoms with van der Waals surface area (Å²) in [7, 11) is 0. The number of anilines is 1. The van der Waals surface area contributed by atoms with Crippen LogP contribution in [-0.2, 0) is 9.53 Å². The van der Waals surface area contributed by atoms with Crippen molar-refractivity contribution in [3.63, 3.8) is 0 Å². The van der Waals surface area contributed by atoms with E-state index in [1.807, 2.05) is 12.3 Å². The average Bonchev–Trinajstić information content (AvgIpc) is 2.91. The van der Waals surface area contributed by atoms with Crippen molar-refractivity contribution < 1.29 is 18.7 Å². The zero-order chi connectivity index (χ0) is 15.6. The summed E-state index contributed by atoms with van der Waals surface area (Å²) in [4.78, 5) is 27.8. The van der Waals surface area contributed by atoms with Crippen molar-refractivity contribution in [2.24, 2.45) is 0 Å². The van der Waals surface area contributed by atoms with Crippen LogP contribution in [0.15, 0.2) is 9.80 Å². The van der Waals surface area contributed by atoms with Gasteiger partial charge in [0.05, 0.1) is 5.69 Å². The monoisotopic (exact) mass is 308 g/mol. The fraction of sp³-hybridized carbons (Fsp3) is 0.357. The Balaban J connectivity index is 1.93. The van der Waals surface area contributed by atoms with E-state index in [2.05, 4.69) is 10.3 Å². The molecule has 6 nitrogen and oxygen atoms in total. The van der Waals surface area contributed by atoms with E-state index >= 15 is 0 Å². The van der Waals surface area contributed by atoms with Gasteiger partial charge in [0.2, 0.25) is 0 Å². The highest BCUT2D eigenvalue weighted by molar-refractivity contribution is 7.13. The molecule has 1 N–H and O–H groups in total. The summed E-state index contributed by atoms with van der Waals surface area (Å²) in [5, 5.41) is 4.88. The second-order valence-corrected chi connectivity index (χ2v) is 5.49. The van der Waals surface area contributed by atoms with Crippen LogP contribution in [0.5, 0.6) is 0 Å². The lowest BCUT2D eigenvalue weighted by molar-refractivity contribution is -0.119. The highest BCUT2D eigenvalue weighted by Gasteiger charge is 2.20. The molecule has 0 bridgehead atoms. The average molecular weight is 308 g/mol. The summed E-state index contributed by atoms with van der Waals surface area (Å²) in [6.07, 6.45) is 0. The third-order valence-corrected chi connectivity index (χ3v) is 3.84. The van der Waals surface area contributed by atoms with Crippen molar-refractivity contribution in [1.82, 2.24) is 4.98 Å². The van der Waals surface area contributed by atoms with Crippen LogP contribution in [0.3, 0.4) is 0 Å². The van der Waals surface area contributed by atoms with Crippen molar-refractivity contribution in [2.75, 3.05) is 11.9 Å². The molecule has 0 spiro atoms. The first-order chi connectivity index (χ1) is 9.88. The number of aromatic nitrogens is 1. The summed E-state index contributed by atoms with van der Waals surface area (Å²) in [5.41, 5.74) is 1.94. The van der Waals surface area contributed by atoms with E-state index in [-0.39, 0.29) is 6.61 Å². The van der Waals surface area contributed by atoms with Crippen LogP contribution in [0.25, 0.3) is 0 Å². The van der Waals surface area contributed by atoms with Gasteiger partial charge >= 0.3 is 5.97 Å². The van der Waals surface area contributed by atoms with Gasteiger partial charge in [0.1, 0.15) is 17.1 Å². The van der Waals surface area contributed by atoms with Gasteiger partial charge in [-0.15, -0.1) is 11.3 Å². The number of esters is 1. The highest BCUT2D eigenvalue weighted by Crippen LogP contribution is 2.21. The predicted molar refractivity (Wildman–Crippen MR) is 78.7 cm³/mol. The van der Waals surface area contributed by atoms with Gasteiger partial charge in [-0.2, -0.15) is 0 Å². The Morgan fingerprint density at radius 2 is 2.00 bits per heavy atom. The topological polar surface area (TPSA) is 81.4 Å². The lowest BCUT2D eigenvalue weighted by atomic mass is 10.1. The maximum absolute atomic E-state index is 12.0. The van der Waals surface area contributed by atoms with Gasteiger partial charge in [0.15, 0.2) is 11.7 Å². The molecule has 0 fully saturated rings. The molecule has 0 atom stereocenters. The van der Waals surface area contributed by atoms with Gasteiger partial charge in [-0.05, 0) is 27.7 Å². The van der Waals surface area contributed by atoms with Crippen molar-refractivity contribution in [3.8, 4) is 0 Å². The molecule has 2 heterocycles. The molecule has 0 aliphatic heterocycles. The van der Waals surface area contributed by atoms with Crippen LogP contribution in [0.4, 0.5) is 5.13 Å². The van der Waals surface area contributed by atoms with Crippen molar-refractivity contribution >= 4 is 28.3 Å². The molecule has 0 unspecified atom stereocenters. The van der Waals surface area contributed by atoms with E-state index in [1.165, 1.54) is 11.3 Å². The van der Waals surface area contributed by atoms with Crippen LogP contribution >= 0.6 is 11.3 Å². The van der Waals surface area contributed by atoms with E-state index in [4.69, 9.17) is 9.15 Å². The largest absolute Gasteiger partial charge is 0.465 e. The van der Waals surface area contributed by atoms with Gasteiger partial charge in [-0.3, -0.25) is 10.1 Å². The van der Waals surface area contributed by atoms with Crippen LogP contribution in [0, 0.1) is 27.7 Å². The van der Waals surface area contributed by atoms with Crippen molar-refractivity contribution in [1.29, 1.82) is 0 Å². The Labute approximate surface area is 126 Å². The zero-order valence-electron chi connectivity index (χ0n) is 12.3. The molecule has 0 aliphatic carbocycles. The van der Waals surface area contributed by atoms with Crippen molar-refractivity contribution in [3.05, 3.63) is 33.7 Å². The molecule has 112 valence electrons. The third-order valence-electron chi connectivity index (χ3n) is 2.97. The highest BCUT2D eigenvalue weighted by atomic mass is 32.1. The van der Waals surface area contributed by atoms with Crippen LogP contribution < -0.4 is 5.32 Å². The van der Waals surface area contributed by atoms with Gasteiger partial charge < -0.3 is 9.15 Å². The smallest absolute Gasteiger partial charge is 0.342 e. The lowest BCUT2D eigenvalue weighted by Gasteiger charge is -2.04. The first kappa shape index (κ1) is 15.2. The summed E-state index contributed by atoms with van der Waals surface area (Å²) < 4.78 is 10.4. The van der Waals surface area contributed by atoms with E-state index in [1.54, 1.807) is 20.8 Å². The van der Waals surface area contributed by atoms with E-state index in [0.29, 0.717) is 22.2 Å². The van der Waals surface area contributed by atoms with E-state index in [0.717, 1.165) is 11.3 Å². The first-order valence-electron chi connectivity index (χ1n) is 6.34. The zero-order valence-corrected chi connectivity index (χ0v) is 13.1. The number of hydrogen-bond donors (Lipinski definition) is 1. The standard InChI is InChI=1S/C14H16N2O4S/c1-7-6-21-14(15-7)16-11(17)5-19-13(18)12-8(2)9(3)20-10(12)4/h6H,5H2,1-4H3,(H,15,16,17). The van der Waals surface area contributed by atoms with Crippen LogP contribution in [-0.4, -0.2) is 23.5 Å². The number of nitrogens with one attached hydrogen (secondary N) is 1. The number of carbonyl (C=O) groups is 2. The number of hydrogen-bond acceptors (Lipinski definition) is 6. The summed E-state index contributed by atoms with van der Waals surface area (Å²) >= 11 is 1.32. The van der Waals surface area contributed by atoms with E-state index in [9.17, 15) is 9.59 Å². The number of nitrogens with zero attached hydrogens (tertiary/aromatic N) is 1. The molecule has 21 heavy (non-hydrogen) atoms. The minimum absolute atomic E-state index is 0.361. The molecule has 0 aliphatic rings. The maximum atomic E-state index is 12.0. The summed E-state index contributed by atoms with van der Waals surface area (Å²) in [6.45, 7) is 6.71. The fourth-order valence-electron chi connectivity index (χ4n) is 1.86. The van der Waals surface area contributed by atoms with Crippen molar-refractivity contribution in [2.45, 2.75) is 27.7 Å². The quantitative estimate of drug-likeness (QED) is 0.878. The minimum Gasteiger partial charge on any atom is -0.465 e. The summed E-state index contributed by atoms with van der Waals surface area (Å²) in [5.74, 6) is 0.175. The normalized spacial score (nSPS) is 10.5. The van der Waals surface area contributed by atoms with Crippen LogP contribution in [0.2, 0.25) is 0 Å². The Hall–Kier alpha value is -2.15. The Morgan fingerprint density at radius 1 is 1.29 bits per heavy atom. The molecular weight excluding hydrogens is 292 g/mol. The molecule has 2 rings (SSSR count). The molecular formula is C14H16N2O4S. The molecule has 7 heteroatoms. The number of ether oxygens (including phenoxy) is 1. The fourth-order valence-corrected chi connectivity index (χ4v) is 2.57. The second-order valence-electron chi connectivity index (χ2n) is 4.63. The van der Waals surface area contributed by atoms with Gasteiger partial charge in [-0.25, -0.2) is 9.78 Å². The minimum atomic E-state index is -0.563. The number of aryl methyl sites for hydroxylation is 3. The summed E-state index contributed by atoms with van der Waals surface area (Å²) in [6, 6.07) is 0. The molecule has 1 amide bonds. The Bertz CT molecular complexity index is 687. The molecule has 2 aromatic heterocycles. The third kappa shape index (κ3) is 3.49. The Morgan fingerprint density at radius 3 is 2.52 bits per heavy atom. The van der Waals surface area contributed by atoms with Gasteiger partial charge in [-0.1, -0.05) is 0 Å². The SMILES string of the molecule is Cc1csc(NC(=O)COC(=O)c2c(C)oc(C)c2C)n1. The van der Waals surface area contributed by atoms with Gasteiger partial charge in [0.25, 0.3) is 5.91 Å². The number of rotatable bonds is 4. The molecule has 0 saturated heterocycles. The number of furan rings is 1. The Kier molecular flexibility index (Phi) is 4.42. The van der Waals surface area contributed by atoms with E-state index < -0.39 is 11.9 Å². The number of amides is 1. The second kappa shape index (κ2) is 6.09. The lowest BCUT2D eigenvalue weighted by Crippen LogP contribution is -2.21. The molecule has 0 radical (unpaired) electrons. The molecule has 0 aromatic carbocycles. The number of carbonyl (C=O) groups excluding carboxylic acids is 2. The van der Waals surface area contributed by atoms with Gasteiger partial charge in [0, 0.05) is 10.9 Å². The first-order valence-corrected chi connectivity index (χ1v) is 7.22. The van der Waals surface area contributed by atoms with Crippen LogP contribution in [0.1, 0.15) is 33.1 Å². The molecule has 0 saturated carbocycles.